The predicted octanol–water partition coefficient (Wildman–Crippen LogP) is 3.01. The Morgan fingerprint density at radius 1 is 1.29 bits per heavy atom. The molecule has 132 valence electrons. The van der Waals surface area contributed by atoms with E-state index in [0.29, 0.717) is 31.8 Å². The maximum atomic E-state index is 13.5. The van der Waals surface area contributed by atoms with Gasteiger partial charge in [-0.1, -0.05) is 0 Å². The molecule has 2 aromatic rings. The minimum absolute atomic E-state index is 0.108. The first-order valence-electron chi connectivity index (χ1n) is 8.17. The van der Waals surface area contributed by atoms with E-state index in [4.69, 9.17) is 4.74 Å². The van der Waals surface area contributed by atoms with E-state index < -0.39 is 0 Å². The molecule has 0 unspecified atom stereocenters. The van der Waals surface area contributed by atoms with E-state index in [0.717, 1.165) is 17.9 Å². The number of aromatic nitrogens is 2. The van der Waals surface area contributed by atoms with Crippen LogP contribution < -0.4 is 0 Å². The second-order valence-electron chi connectivity index (χ2n) is 5.94. The molecular weight excluding hydrogens is 309 g/mol. The van der Waals surface area contributed by atoms with Gasteiger partial charge in [0, 0.05) is 50.1 Å². The molecule has 5 nitrogen and oxygen atoms in total. The number of rotatable bonds is 8. The highest BCUT2D eigenvalue weighted by Gasteiger charge is 2.16. The van der Waals surface area contributed by atoms with Crippen LogP contribution in [0.1, 0.15) is 29.4 Å². The minimum Gasteiger partial charge on any atom is -0.508 e. The van der Waals surface area contributed by atoms with Crippen LogP contribution in [0.5, 0.6) is 5.75 Å². The lowest BCUT2D eigenvalue weighted by Gasteiger charge is -2.23. The Labute approximate surface area is 142 Å². The van der Waals surface area contributed by atoms with E-state index in [-0.39, 0.29) is 11.6 Å². The highest BCUT2D eigenvalue weighted by atomic mass is 19.1. The van der Waals surface area contributed by atoms with Gasteiger partial charge in [0.25, 0.3) is 0 Å². The highest BCUT2D eigenvalue weighted by Crippen LogP contribution is 2.22. The molecule has 1 aromatic carbocycles. The molecule has 1 aromatic heterocycles. The maximum absolute atomic E-state index is 13.5. The van der Waals surface area contributed by atoms with Gasteiger partial charge in [0.1, 0.15) is 11.6 Å². The van der Waals surface area contributed by atoms with Crippen molar-refractivity contribution < 1.29 is 14.2 Å². The summed E-state index contributed by atoms with van der Waals surface area (Å²) < 4.78 is 20.7. The van der Waals surface area contributed by atoms with Crippen LogP contribution in [0.3, 0.4) is 0 Å². The fraction of sp³-hybridized carbons (Fsp3) is 0.500. The third-order valence-corrected chi connectivity index (χ3v) is 4.26. The standard InChI is InChI=1S/C18H26FN3O2/c1-5-22-14(3)17(13(2)20-22)12-21(8-9-24-4)11-15-10-16(19)6-7-18(15)23/h6-7,10,23H,5,8-9,11-12H2,1-4H3. The van der Waals surface area contributed by atoms with Gasteiger partial charge < -0.3 is 9.84 Å². The quantitative estimate of drug-likeness (QED) is 0.806. The molecule has 2 rings (SSSR count). The number of benzene rings is 1. The monoisotopic (exact) mass is 335 g/mol. The van der Waals surface area contributed by atoms with Crippen molar-refractivity contribution in [2.45, 2.75) is 40.4 Å². The van der Waals surface area contributed by atoms with Crippen molar-refractivity contribution >= 4 is 0 Å². The van der Waals surface area contributed by atoms with Gasteiger partial charge in [-0.25, -0.2) is 4.39 Å². The summed E-state index contributed by atoms with van der Waals surface area (Å²) >= 11 is 0. The molecule has 0 amide bonds. The zero-order valence-corrected chi connectivity index (χ0v) is 14.8. The predicted molar refractivity (Wildman–Crippen MR) is 91.4 cm³/mol. The lowest BCUT2D eigenvalue weighted by Crippen LogP contribution is -2.27. The van der Waals surface area contributed by atoms with Crippen molar-refractivity contribution in [1.82, 2.24) is 14.7 Å². The van der Waals surface area contributed by atoms with Crippen LogP contribution in [-0.2, 0) is 24.4 Å². The molecule has 0 atom stereocenters. The van der Waals surface area contributed by atoms with Gasteiger partial charge in [-0.3, -0.25) is 9.58 Å². The third kappa shape index (κ3) is 4.33. The molecule has 0 saturated heterocycles. The number of nitrogens with zero attached hydrogens (tertiary/aromatic N) is 3. The van der Waals surface area contributed by atoms with Crippen LogP contribution in [0.25, 0.3) is 0 Å². The topological polar surface area (TPSA) is 50.5 Å². The number of hydrogen-bond donors (Lipinski definition) is 1. The molecule has 6 heteroatoms. The summed E-state index contributed by atoms with van der Waals surface area (Å²) in [5.41, 5.74) is 3.88. The first-order chi connectivity index (χ1) is 11.5. The van der Waals surface area contributed by atoms with Crippen molar-refractivity contribution in [3.05, 3.63) is 46.5 Å². The molecule has 0 spiro atoms. The molecular formula is C18H26FN3O2. The van der Waals surface area contributed by atoms with E-state index in [2.05, 4.69) is 23.8 Å². The first-order valence-corrected chi connectivity index (χ1v) is 8.17. The van der Waals surface area contributed by atoms with Crippen LogP contribution in [0.2, 0.25) is 0 Å². The minimum atomic E-state index is -0.347. The van der Waals surface area contributed by atoms with E-state index >= 15 is 0 Å². The fourth-order valence-corrected chi connectivity index (χ4v) is 2.85. The van der Waals surface area contributed by atoms with E-state index in [1.807, 2.05) is 11.6 Å². The zero-order valence-electron chi connectivity index (χ0n) is 14.8. The molecule has 0 aliphatic carbocycles. The van der Waals surface area contributed by atoms with Gasteiger partial charge in [-0.05, 0) is 39.0 Å². The summed E-state index contributed by atoms with van der Waals surface area (Å²) in [6, 6.07) is 4.03. The Kier molecular flexibility index (Phi) is 6.34. The summed E-state index contributed by atoms with van der Waals surface area (Å²) in [5, 5.41) is 14.5. The van der Waals surface area contributed by atoms with Crippen molar-refractivity contribution in [2.24, 2.45) is 0 Å². The molecule has 1 heterocycles. The summed E-state index contributed by atoms with van der Waals surface area (Å²) in [6.07, 6.45) is 0. The summed E-state index contributed by atoms with van der Waals surface area (Å²) in [5.74, 6) is -0.239. The van der Waals surface area contributed by atoms with Gasteiger partial charge in [0.05, 0.1) is 12.3 Å². The SMILES string of the molecule is CCn1nc(C)c(CN(CCOC)Cc2cc(F)ccc2O)c1C. The van der Waals surface area contributed by atoms with E-state index in [9.17, 15) is 9.50 Å². The Morgan fingerprint density at radius 3 is 2.67 bits per heavy atom. The first kappa shape index (κ1) is 18.4. The Balaban J connectivity index is 2.22. The van der Waals surface area contributed by atoms with Gasteiger partial charge in [0.2, 0.25) is 0 Å². The summed E-state index contributed by atoms with van der Waals surface area (Å²) in [6.45, 7) is 9.33. The van der Waals surface area contributed by atoms with E-state index in [1.54, 1.807) is 7.11 Å². The number of methoxy groups -OCH3 is 1. The van der Waals surface area contributed by atoms with Crippen molar-refractivity contribution in [2.75, 3.05) is 20.3 Å². The Hall–Kier alpha value is -1.92. The number of hydrogen-bond acceptors (Lipinski definition) is 4. The number of ether oxygens (including phenoxy) is 1. The van der Waals surface area contributed by atoms with Crippen LogP contribution >= 0.6 is 0 Å². The molecule has 0 bridgehead atoms. The third-order valence-electron chi connectivity index (χ3n) is 4.26. The molecule has 0 radical (unpaired) electrons. The second-order valence-corrected chi connectivity index (χ2v) is 5.94. The Bertz CT molecular complexity index is 685. The Morgan fingerprint density at radius 2 is 2.04 bits per heavy atom. The van der Waals surface area contributed by atoms with Gasteiger partial charge in [0.15, 0.2) is 0 Å². The van der Waals surface area contributed by atoms with Crippen LogP contribution in [0.4, 0.5) is 4.39 Å². The molecule has 24 heavy (non-hydrogen) atoms. The second kappa shape index (κ2) is 8.26. The number of aromatic hydroxyl groups is 1. The fourth-order valence-electron chi connectivity index (χ4n) is 2.85. The van der Waals surface area contributed by atoms with Crippen LogP contribution in [0.15, 0.2) is 18.2 Å². The molecule has 0 saturated carbocycles. The van der Waals surface area contributed by atoms with Gasteiger partial charge in [-0.15, -0.1) is 0 Å². The molecule has 0 aliphatic rings. The molecule has 0 fully saturated rings. The number of aryl methyl sites for hydroxylation is 2. The number of phenolic OH excluding ortho intramolecular Hbond substituents is 1. The zero-order chi connectivity index (χ0) is 17.7. The number of halogens is 1. The highest BCUT2D eigenvalue weighted by molar-refractivity contribution is 5.32. The summed E-state index contributed by atoms with van der Waals surface area (Å²) in [7, 11) is 1.66. The summed E-state index contributed by atoms with van der Waals surface area (Å²) in [4.78, 5) is 2.13. The normalized spacial score (nSPS) is 11.4. The van der Waals surface area contributed by atoms with Crippen molar-refractivity contribution in [3.8, 4) is 5.75 Å². The van der Waals surface area contributed by atoms with Crippen molar-refractivity contribution in [1.29, 1.82) is 0 Å². The van der Waals surface area contributed by atoms with Crippen molar-refractivity contribution in [3.63, 3.8) is 0 Å². The molecule has 1 N–H and O–H groups in total. The lowest BCUT2D eigenvalue weighted by molar-refractivity contribution is 0.139. The van der Waals surface area contributed by atoms with Gasteiger partial charge >= 0.3 is 0 Å². The van der Waals surface area contributed by atoms with E-state index in [1.165, 1.54) is 23.8 Å². The van der Waals surface area contributed by atoms with Crippen LogP contribution in [0, 0.1) is 19.7 Å². The molecule has 0 aliphatic heterocycles. The average Bonchev–Trinajstić information content (AvgIpc) is 2.83. The van der Waals surface area contributed by atoms with Gasteiger partial charge in [-0.2, -0.15) is 5.10 Å². The smallest absolute Gasteiger partial charge is 0.123 e. The lowest BCUT2D eigenvalue weighted by atomic mass is 10.1. The largest absolute Gasteiger partial charge is 0.508 e. The number of phenols is 1. The maximum Gasteiger partial charge on any atom is 0.123 e. The average molecular weight is 335 g/mol. The van der Waals surface area contributed by atoms with Crippen LogP contribution in [-0.4, -0.2) is 40.0 Å².